The number of amides is 1. The van der Waals surface area contributed by atoms with Gasteiger partial charge in [0.05, 0.1) is 6.54 Å². The lowest BCUT2D eigenvalue weighted by molar-refractivity contribution is 0.0624. The molecule has 2 heterocycles. The number of aromatic hydroxyl groups is 1. The van der Waals surface area contributed by atoms with E-state index in [4.69, 9.17) is 4.52 Å². The number of piperazine rings is 1. The standard InChI is InChI=1S/C21H22N4O3/c1-15-22-20(23-28-15)14-24-9-11-25(12-10-24)21(27)17-7-5-16(6-8-17)18-3-2-4-19(26)13-18/h2-8,13,26H,9-12,14H2,1H3. The number of carbonyl (C=O) groups is 1. The van der Waals surface area contributed by atoms with Gasteiger partial charge in [-0.2, -0.15) is 4.98 Å². The van der Waals surface area contributed by atoms with E-state index in [1.165, 1.54) is 0 Å². The molecule has 0 unspecified atom stereocenters. The lowest BCUT2D eigenvalue weighted by atomic mass is 10.0. The Kier molecular flexibility index (Phi) is 5.08. The van der Waals surface area contributed by atoms with Crippen molar-refractivity contribution < 1.29 is 14.4 Å². The Hall–Kier alpha value is -3.19. The third-order valence-corrected chi connectivity index (χ3v) is 4.91. The summed E-state index contributed by atoms with van der Waals surface area (Å²) in [6.07, 6.45) is 0. The minimum absolute atomic E-state index is 0.0394. The van der Waals surface area contributed by atoms with Crippen LogP contribution < -0.4 is 0 Å². The molecule has 2 aromatic carbocycles. The van der Waals surface area contributed by atoms with Crippen LogP contribution in [-0.4, -0.2) is 57.1 Å². The van der Waals surface area contributed by atoms with Crippen LogP contribution in [0.1, 0.15) is 22.1 Å². The molecule has 1 amide bonds. The number of aromatic nitrogens is 2. The van der Waals surface area contributed by atoms with Gasteiger partial charge >= 0.3 is 0 Å². The van der Waals surface area contributed by atoms with Crippen LogP contribution in [0.2, 0.25) is 0 Å². The van der Waals surface area contributed by atoms with Crippen molar-refractivity contribution in [2.45, 2.75) is 13.5 Å². The Bertz CT molecular complexity index is 960. The molecule has 1 saturated heterocycles. The number of nitrogens with zero attached hydrogens (tertiary/aromatic N) is 4. The van der Waals surface area contributed by atoms with Crippen LogP contribution in [0, 0.1) is 6.92 Å². The zero-order chi connectivity index (χ0) is 19.5. The smallest absolute Gasteiger partial charge is 0.253 e. The van der Waals surface area contributed by atoms with Crippen molar-refractivity contribution in [3.05, 3.63) is 65.8 Å². The van der Waals surface area contributed by atoms with Gasteiger partial charge in [0.25, 0.3) is 5.91 Å². The Morgan fingerprint density at radius 1 is 1.07 bits per heavy atom. The highest BCUT2D eigenvalue weighted by molar-refractivity contribution is 5.94. The Morgan fingerprint density at radius 3 is 2.46 bits per heavy atom. The van der Waals surface area contributed by atoms with E-state index in [0.29, 0.717) is 36.9 Å². The summed E-state index contributed by atoms with van der Waals surface area (Å²) in [5, 5.41) is 13.6. The van der Waals surface area contributed by atoms with Gasteiger partial charge in [0, 0.05) is 38.7 Å². The van der Waals surface area contributed by atoms with Crippen molar-refractivity contribution in [1.29, 1.82) is 0 Å². The van der Waals surface area contributed by atoms with Crippen molar-refractivity contribution in [3.63, 3.8) is 0 Å². The van der Waals surface area contributed by atoms with E-state index in [2.05, 4.69) is 15.0 Å². The Balaban J connectivity index is 1.36. The van der Waals surface area contributed by atoms with Crippen LogP contribution in [-0.2, 0) is 6.54 Å². The number of hydrogen-bond donors (Lipinski definition) is 1. The number of rotatable bonds is 4. The molecule has 0 bridgehead atoms. The summed E-state index contributed by atoms with van der Waals surface area (Å²) < 4.78 is 5.01. The highest BCUT2D eigenvalue weighted by Crippen LogP contribution is 2.24. The fraction of sp³-hybridized carbons (Fsp3) is 0.286. The van der Waals surface area contributed by atoms with Crippen LogP contribution in [0.3, 0.4) is 0 Å². The number of phenolic OH excluding ortho intramolecular Hbond substituents is 1. The molecule has 1 N–H and O–H groups in total. The molecule has 0 saturated carbocycles. The van der Waals surface area contributed by atoms with Gasteiger partial charge in [-0.05, 0) is 35.4 Å². The molecule has 0 radical (unpaired) electrons. The van der Waals surface area contributed by atoms with Crippen molar-refractivity contribution in [3.8, 4) is 16.9 Å². The zero-order valence-corrected chi connectivity index (χ0v) is 15.7. The topological polar surface area (TPSA) is 82.7 Å². The van der Waals surface area contributed by atoms with Gasteiger partial charge in [0.15, 0.2) is 5.82 Å². The molecule has 0 aliphatic carbocycles. The van der Waals surface area contributed by atoms with E-state index in [0.717, 1.165) is 24.2 Å². The normalized spacial score (nSPS) is 15.0. The predicted octanol–water partition coefficient (Wildman–Crippen LogP) is 2.71. The molecule has 4 rings (SSSR count). The molecule has 0 atom stereocenters. The summed E-state index contributed by atoms with van der Waals surface area (Å²) in [6, 6.07) is 14.6. The Labute approximate surface area is 163 Å². The van der Waals surface area contributed by atoms with Crippen LogP contribution >= 0.6 is 0 Å². The number of benzene rings is 2. The van der Waals surface area contributed by atoms with Gasteiger partial charge in [-0.1, -0.05) is 29.4 Å². The maximum atomic E-state index is 12.8. The van der Waals surface area contributed by atoms with E-state index in [-0.39, 0.29) is 11.7 Å². The second kappa shape index (κ2) is 7.82. The van der Waals surface area contributed by atoms with E-state index >= 15 is 0 Å². The lowest BCUT2D eigenvalue weighted by Crippen LogP contribution is -2.48. The van der Waals surface area contributed by atoms with Gasteiger partial charge in [-0.25, -0.2) is 0 Å². The third kappa shape index (κ3) is 4.04. The fourth-order valence-corrected chi connectivity index (χ4v) is 3.39. The number of phenols is 1. The first-order valence-corrected chi connectivity index (χ1v) is 9.29. The quantitative estimate of drug-likeness (QED) is 0.752. The molecule has 1 aliphatic heterocycles. The summed E-state index contributed by atoms with van der Waals surface area (Å²) in [7, 11) is 0. The summed E-state index contributed by atoms with van der Waals surface area (Å²) >= 11 is 0. The maximum absolute atomic E-state index is 12.8. The predicted molar refractivity (Wildman–Crippen MR) is 104 cm³/mol. The van der Waals surface area contributed by atoms with Gasteiger partial charge < -0.3 is 14.5 Å². The fourth-order valence-electron chi connectivity index (χ4n) is 3.39. The zero-order valence-electron chi connectivity index (χ0n) is 15.7. The van der Waals surface area contributed by atoms with Crippen molar-refractivity contribution in [1.82, 2.24) is 19.9 Å². The van der Waals surface area contributed by atoms with Crippen LogP contribution in [0.25, 0.3) is 11.1 Å². The Morgan fingerprint density at radius 2 is 1.82 bits per heavy atom. The first-order chi connectivity index (χ1) is 13.6. The molecule has 1 aliphatic rings. The molecule has 3 aromatic rings. The van der Waals surface area contributed by atoms with Crippen LogP contribution in [0.15, 0.2) is 53.1 Å². The van der Waals surface area contributed by atoms with Crippen molar-refractivity contribution >= 4 is 5.91 Å². The number of aryl methyl sites for hydroxylation is 1. The molecule has 28 heavy (non-hydrogen) atoms. The number of carbonyl (C=O) groups excluding carboxylic acids is 1. The molecule has 1 fully saturated rings. The van der Waals surface area contributed by atoms with E-state index in [1.54, 1.807) is 25.1 Å². The molecule has 1 aromatic heterocycles. The van der Waals surface area contributed by atoms with Crippen LogP contribution in [0.5, 0.6) is 5.75 Å². The second-order valence-electron chi connectivity index (χ2n) is 6.93. The molecular weight excluding hydrogens is 356 g/mol. The van der Waals surface area contributed by atoms with Crippen molar-refractivity contribution in [2.75, 3.05) is 26.2 Å². The van der Waals surface area contributed by atoms with Gasteiger partial charge in [0.2, 0.25) is 5.89 Å². The van der Waals surface area contributed by atoms with Gasteiger partial charge in [0.1, 0.15) is 5.75 Å². The first-order valence-electron chi connectivity index (χ1n) is 9.29. The molecule has 144 valence electrons. The maximum Gasteiger partial charge on any atom is 0.253 e. The second-order valence-corrected chi connectivity index (χ2v) is 6.93. The lowest BCUT2D eigenvalue weighted by Gasteiger charge is -2.34. The summed E-state index contributed by atoms with van der Waals surface area (Å²) in [6.45, 7) is 5.31. The molecule has 7 heteroatoms. The summed E-state index contributed by atoms with van der Waals surface area (Å²) in [5.41, 5.74) is 2.56. The molecule has 7 nitrogen and oxygen atoms in total. The highest BCUT2D eigenvalue weighted by atomic mass is 16.5. The van der Waals surface area contributed by atoms with Crippen LogP contribution in [0.4, 0.5) is 0 Å². The highest BCUT2D eigenvalue weighted by Gasteiger charge is 2.23. The largest absolute Gasteiger partial charge is 0.508 e. The van der Waals surface area contributed by atoms with E-state index in [1.807, 2.05) is 35.2 Å². The van der Waals surface area contributed by atoms with E-state index in [9.17, 15) is 9.90 Å². The molecular formula is C21H22N4O3. The summed E-state index contributed by atoms with van der Waals surface area (Å²) in [5.74, 6) is 1.52. The summed E-state index contributed by atoms with van der Waals surface area (Å²) in [4.78, 5) is 21.1. The van der Waals surface area contributed by atoms with E-state index < -0.39 is 0 Å². The average molecular weight is 378 g/mol. The van der Waals surface area contributed by atoms with Crippen molar-refractivity contribution in [2.24, 2.45) is 0 Å². The number of hydrogen-bond acceptors (Lipinski definition) is 6. The minimum atomic E-state index is 0.0394. The first kappa shape index (κ1) is 18.2. The monoisotopic (exact) mass is 378 g/mol. The van der Waals surface area contributed by atoms with Gasteiger partial charge in [-0.15, -0.1) is 0 Å². The average Bonchev–Trinajstić information content (AvgIpc) is 3.13. The SMILES string of the molecule is Cc1nc(CN2CCN(C(=O)c3ccc(-c4cccc(O)c4)cc3)CC2)no1. The molecule has 0 spiro atoms. The third-order valence-electron chi connectivity index (χ3n) is 4.91. The van der Waals surface area contributed by atoms with Gasteiger partial charge in [-0.3, -0.25) is 9.69 Å². The minimum Gasteiger partial charge on any atom is -0.508 e.